The Labute approximate surface area is 132 Å². The van der Waals surface area contributed by atoms with Gasteiger partial charge in [0.2, 0.25) is 0 Å². The number of carbonyl (C=O) groups is 4. The number of rotatable bonds is 5. The standard InChI is InChI=1S/C15H16O8/c1-8(16)20-13-7-5-6-12(14(13)21-9(2)17)15(22-10(3)18)23-11(4)19/h5-7,15H,1-4H3. The highest BCUT2D eigenvalue weighted by atomic mass is 16.7. The van der Waals surface area contributed by atoms with Gasteiger partial charge < -0.3 is 18.9 Å². The molecule has 1 aromatic rings. The van der Waals surface area contributed by atoms with Crippen LogP contribution in [0.3, 0.4) is 0 Å². The number of benzene rings is 1. The molecule has 23 heavy (non-hydrogen) atoms. The maximum atomic E-state index is 11.3. The summed E-state index contributed by atoms with van der Waals surface area (Å²) in [6, 6.07) is 4.24. The van der Waals surface area contributed by atoms with E-state index < -0.39 is 30.2 Å². The predicted molar refractivity (Wildman–Crippen MR) is 75.3 cm³/mol. The van der Waals surface area contributed by atoms with Gasteiger partial charge in [0.25, 0.3) is 6.29 Å². The molecule has 0 radical (unpaired) electrons. The zero-order chi connectivity index (χ0) is 17.6. The maximum absolute atomic E-state index is 11.3. The first-order valence-corrected chi connectivity index (χ1v) is 6.55. The summed E-state index contributed by atoms with van der Waals surface area (Å²) >= 11 is 0. The topological polar surface area (TPSA) is 105 Å². The lowest BCUT2D eigenvalue weighted by Crippen LogP contribution is -2.17. The van der Waals surface area contributed by atoms with Gasteiger partial charge in [-0.1, -0.05) is 6.07 Å². The largest absolute Gasteiger partial charge is 0.423 e. The van der Waals surface area contributed by atoms with Gasteiger partial charge in [-0.25, -0.2) is 0 Å². The fraction of sp³-hybridized carbons (Fsp3) is 0.333. The van der Waals surface area contributed by atoms with Crippen molar-refractivity contribution in [3.63, 3.8) is 0 Å². The molecule has 0 N–H and O–H groups in total. The van der Waals surface area contributed by atoms with E-state index in [2.05, 4.69) is 0 Å². The second kappa shape index (κ2) is 7.92. The molecule has 0 fully saturated rings. The van der Waals surface area contributed by atoms with Gasteiger partial charge in [-0.15, -0.1) is 0 Å². The Bertz CT molecular complexity index is 618. The Balaban J connectivity index is 3.38. The molecule has 124 valence electrons. The van der Waals surface area contributed by atoms with E-state index in [0.29, 0.717) is 0 Å². The first kappa shape index (κ1) is 18.1. The van der Waals surface area contributed by atoms with Gasteiger partial charge in [0.05, 0.1) is 5.56 Å². The number of ether oxygens (including phenoxy) is 4. The number of para-hydroxylation sites is 1. The molecule has 0 saturated heterocycles. The summed E-state index contributed by atoms with van der Waals surface area (Å²) in [5, 5.41) is 0. The van der Waals surface area contributed by atoms with Crippen LogP contribution in [0.15, 0.2) is 18.2 Å². The van der Waals surface area contributed by atoms with E-state index in [1.54, 1.807) is 0 Å². The zero-order valence-corrected chi connectivity index (χ0v) is 13.1. The van der Waals surface area contributed by atoms with Gasteiger partial charge in [-0.05, 0) is 12.1 Å². The predicted octanol–water partition coefficient (Wildman–Crippen LogP) is 1.66. The third-order valence-corrected chi connectivity index (χ3v) is 2.31. The lowest BCUT2D eigenvalue weighted by atomic mass is 10.1. The van der Waals surface area contributed by atoms with Crippen LogP contribution < -0.4 is 9.47 Å². The van der Waals surface area contributed by atoms with Crippen molar-refractivity contribution in [2.24, 2.45) is 0 Å². The highest BCUT2D eigenvalue weighted by Crippen LogP contribution is 2.37. The van der Waals surface area contributed by atoms with Crippen molar-refractivity contribution >= 4 is 23.9 Å². The summed E-state index contributed by atoms with van der Waals surface area (Å²) in [6.45, 7) is 4.55. The SMILES string of the molecule is CC(=O)Oc1cccc(C(OC(C)=O)OC(C)=O)c1OC(C)=O. The van der Waals surface area contributed by atoms with Crippen molar-refractivity contribution < 1.29 is 38.1 Å². The molecule has 0 atom stereocenters. The molecule has 8 nitrogen and oxygen atoms in total. The Morgan fingerprint density at radius 1 is 0.783 bits per heavy atom. The van der Waals surface area contributed by atoms with Crippen molar-refractivity contribution in [2.45, 2.75) is 34.0 Å². The molecule has 0 amide bonds. The lowest BCUT2D eigenvalue weighted by molar-refractivity contribution is -0.186. The third kappa shape index (κ3) is 5.77. The zero-order valence-electron chi connectivity index (χ0n) is 13.1. The van der Waals surface area contributed by atoms with Crippen LogP contribution in [0.4, 0.5) is 0 Å². The molecule has 0 bridgehead atoms. The minimum absolute atomic E-state index is 0.0457. The van der Waals surface area contributed by atoms with Crippen LogP contribution in [-0.2, 0) is 28.7 Å². The monoisotopic (exact) mass is 324 g/mol. The van der Waals surface area contributed by atoms with Gasteiger partial charge in [-0.2, -0.15) is 0 Å². The number of hydrogen-bond acceptors (Lipinski definition) is 8. The van der Waals surface area contributed by atoms with Crippen LogP contribution in [-0.4, -0.2) is 23.9 Å². The summed E-state index contributed by atoms with van der Waals surface area (Å²) in [7, 11) is 0. The first-order chi connectivity index (χ1) is 10.7. The Morgan fingerprint density at radius 3 is 1.74 bits per heavy atom. The molecule has 0 aliphatic carbocycles. The van der Waals surface area contributed by atoms with Crippen molar-refractivity contribution in [3.8, 4) is 11.5 Å². The van der Waals surface area contributed by atoms with E-state index in [1.807, 2.05) is 0 Å². The van der Waals surface area contributed by atoms with Gasteiger partial charge in [0.15, 0.2) is 11.5 Å². The molecular formula is C15H16O8. The van der Waals surface area contributed by atoms with E-state index in [4.69, 9.17) is 18.9 Å². The average molecular weight is 324 g/mol. The minimum Gasteiger partial charge on any atom is -0.423 e. The Kier molecular flexibility index (Phi) is 6.25. The summed E-state index contributed by atoms with van der Waals surface area (Å²) in [4.78, 5) is 44.8. The fourth-order valence-electron chi connectivity index (χ4n) is 1.66. The second-order valence-corrected chi connectivity index (χ2v) is 4.41. The molecule has 0 spiro atoms. The molecule has 0 saturated carbocycles. The van der Waals surface area contributed by atoms with E-state index in [-0.39, 0.29) is 17.1 Å². The molecule has 1 rings (SSSR count). The quantitative estimate of drug-likeness (QED) is 0.457. The molecular weight excluding hydrogens is 308 g/mol. The highest BCUT2D eigenvalue weighted by molar-refractivity contribution is 5.75. The highest BCUT2D eigenvalue weighted by Gasteiger charge is 2.26. The van der Waals surface area contributed by atoms with Crippen LogP contribution >= 0.6 is 0 Å². The summed E-state index contributed by atoms with van der Waals surface area (Å²) in [5.74, 6) is -3.04. The molecule has 0 aromatic heterocycles. The number of hydrogen-bond donors (Lipinski definition) is 0. The van der Waals surface area contributed by atoms with Crippen LogP contribution in [0.2, 0.25) is 0 Å². The molecule has 0 heterocycles. The average Bonchev–Trinajstić information content (AvgIpc) is 2.37. The number of carbonyl (C=O) groups excluding carboxylic acids is 4. The number of esters is 4. The molecule has 0 aliphatic rings. The lowest BCUT2D eigenvalue weighted by Gasteiger charge is -2.20. The van der Waals surface area contributed by atoms with E-state index >= 15 is 0 Å². The fourth-order valence-corrected chi connectivity index (χ4v) is 1.66. The van der Waals surface area contributed by atoms with E-state index in [1.165, 1.54) is 25.1 Å². The molecule has 0 aliphatic heterocycles. The van der Waals surface area contributed by atoms with Crippen molar-refractivity contribution in [3.05, 3.63) is 23.8 Å². The first-order valence-electron chi connectivity index (χ1n) is 6.55. The van der Waals surface area contributed by atoms with Crippen molar-refractivity contribution in [1.29, 1.82) is 0 Å². The summed E-state index contributed by atoms with van der Waals surface area (Å²) in [5.41, 5.74) is 0.0457. The minimum atomic E-state index is -1.45. The van der Waals surface area contributed by atoms with Crippen LogP contribution in [0.1, 0.15) is 39.5 Å². The second-order valence-electron chi connectivity index (χ2n) is 4.41. The molecule has 0 unspecified atom stereocenters. The molecule has 1 aromatic carbocycles. The van der Waals surface area contributed by atoms with Crippen molar-refractivity contribution in [2.75, 3.05) is 0 Å². The van der Waals surface area contributed by atoms with Gasteiger partial charge >= 0.3 is 23.9 Å². The summed E-state index contributed by atoms with van der Waals surface area (Å²) < 4.78 is 19.8. The van der Waals surface area contributed by atoms with Crippen LogP contribution in [0.5, 0.6) is 11.5 Å². The van der Waals surface area contributed by atoms with Gasteiger partial charge in [0.1, 0.15) is 0 Å². The summed E-state index contributed by atoms with van der Waals surface area (Å²) in [6.07, 6.45) is -1.45. The van der Waals surface area contributed by atoms with Crippen LogP contribution in [0.25, 0.3) is 0 Å². The Hall–Kier alpha value is -2.90. The van der Waals surface area contributed by atoms with Crippen LogP contribution in [0, 0.1) is 0 Å². The van der Waals surface area contributed by atoms with Gasteiger partial charge in [-0.3, -0.25) is 19.2 Å². The maximum Gasteiger partial charge on any atom is 0.308 e. The smallest absolute Gasteiger partial charge is 0.308 e. The van der Waals surface area contributed by atoms with Crippen molar-refractivity contribution in [1.82, 2.24) is 0 Å². The van der Waals surface area contributed by atoms with E-state index in [0.717, 1.165) is 20.8 Å². The Morgan fingerprint density at radius 2 is 1.30 bits per heavy atom. The van der Waals surface area contributed by atoms with E-state index in [9.17, 15) is 19.2 Å². The normalized spacial score (nSPS) is 9.96. The molecule has 8 heteroatoms. The third-order valence-electron chi connectivity index (χ3n) is 2.31. The van der Waals surface area contributed by atoms with Gasteiger partial charge in [0, 0.05) is 27.7 Å².